The fourth-order valence-electron chi connectivity index (χ4n) is 2.60. The SMILES string of the molecule is C=CC[C@@H]1[C@H](OC(C)=O)C[C@@H](C(=O)OC)N1C(=O)OC(C)(C)C. The smallest absolute Gasteiger partial charge is 0.411 e. The van der Waals surface area contributed by atoms with Gasteiger partial charge in [0.05, 0.1) is 13.2 Å². The van der Waals surface area contributed by atoms with E-state index in [2.05, 4.69) is 6.58 Å². The molecule has 130 valence electrons. The highest BCUT2D eigenvalue weighted by Crippen LogP contribution is 2.32. The molecule has 1 rings (SSSR count). The molecule has 0 radical (unpaired) electrons. The van der Waals surface area contributed by atoms with Crippen LogP contribution in [-0.4, -0.2) is 53.8 Å². The lowest BCUT2D eigenvalue weighted by molar-refractivity contribution is -0.148. The Morgan fingerprint density at radius 2 is 1.91 bits per heavy atom. The van der Waals surface area contributed by atoms with E-state index in [4.69, 9.17) is 14.2 Å². The van der Waals surface area contributed by atoms with Crippen molar-refractivity contribution in [2.75, 3.05) is 7.11 Å². The predicted molar refractivity (Wildman–Crippen MR) is 82.7 cm³/mol. The summed E-state index contributed by atoms with van der Waals surface area (Å²) >= 11 is 0. The van der Waals surface area contributed by atoms with Crippen molar-refractivity contribution in [3.63, 3.8) is 0 Å². The summed E-state index contributed by atoms with van der Waals surface area (Å²) in [6, 6.07) is -1.38. The van der Waals surface area contributed by atoms with Crippen molar-refractivity contribution in [1.82, 2.24) is 4.90 Å². The number of rotatable bonds is 4. The molecule has 23 heavy (non-hydrogen) atoms. The van der Waals surface area contributed by atoms with Crippen molar-refractivity contribution in [3.8, 4) is 0 Å². The zero-order valence-electron chi connectivity index (χ0n) is 14.3. The minimum Gasteiger partial charge on any atom is -0.467 e. The first-order valence-electron chi connectivity index (χ1n) is 7.48. The Hall–Kier alpha value is -2.05. The second kappa shape index (κ2) is 7.48. The molecule has 0 aliphatic carbocycles. The highest BCUT2D eigenvalue weighted by molar-refractivity contribution is 5.83. The third kappa shape index (κ3) is 4.97. The summed E-state index contributed by atoms with van der Waals surface area (Å²) in [6.07, 6.45) is 0.892. The zero-order valence-corrected chi connectivity index (χ0v) is 14.3. The van der Waals surface area contributed by atoms with Crippen molar-refractivity contribution in [3.05, 3.63) is 12.7 Å². The lowest BCUT2D eigenvalue weighted by Crippen LogP contribution is -2.48. The molecule has 1 fully saturated rings. The van der Waals surface area contributed by atoms with Crippen LogP contribution in [-0.2, 0) is 23.8 Å². The molecule has 0 unspecified atom stereocenters. The van der Waals surface area contributed by atoms with Gasteiger partial charge in [-0.15, -0.1) is 6.58 Å². The predicted octanol–water partition coefficient (Wildman–Crippen LogP) is 2.05. The summed E-state index contributed by atoms with van der Waals surface area (Å²) in [4.78, 5) is 37.2. The molecular weight excluding hydrogens is 302 g/mol. The average molecular weight is 327 g/mol. The van der Waals surface area contributed by atoms with E-state index in [1.165, 1.54) is 18.9 Å². The summed E-state index contributed by atoms with van der Waals surface area (Å²) < 4.78 is 15.4. The number of amides is 1. The van der Waals surface area contributed by atoms with E-state index >= 15 is 0 Å². The molecule has 7 nitrogen and oxygen atoms in total. The molecule has 0 bridgehead atoms. The number of esters is 2. The van der Waals surface area contributed by atoms with Crippen LogP contribution in [0, 0.1) is 0 Å². The van der Waals surface area contributed by atoms with Crippen LogP contribution in [0.3, 0.4) is 0 Å². The molecule has 0 aromatic rings. The van der Waals surface area contributed by atoms with Gasteiger partial charge >= 0.3 is 18.0 Å². The van der Waals surface area contributed by atoms with Crippen molar-refractivity contribution in [2.45, 2.75) is 64.3 Å². The first-order valence-corrected chi connectivity index (χ1v) is 7.48. The molecule has 1 heterocycles. The van der Waals surface area contributed by atoms with Gasteiger partial charge in [0.1, 0.15) is 17.7 Å². The molecule has 1 saturated heterocycles. The van der Waals surface area contributed by atoms with Crippen LogP contribution in [0.5, 0.6) is 0 Å². The third-order valence-corrected chi connectivity index (χ3v) is 3.38. The Kier molecular flexibility index (Phi) is 6.18. The van der Waals surface area contributed by atoms with E-state index in [0.717, 1.165) is 0 Å². The lowest BCUT2D eigenvalue weighted by Gasteiger charge is -2.31. The third-order valence-electron chi connectivity index (χ3n) is 3.38. The van der Waals surface area contributed by atoms with Gasteiger partial charge in [0, 0.05) is 13.3 Å². The maximum Gasteiger partial charge on any atom is 0.411 e. The molecule has 3 atom stereocenters. The number of carbonyl (C=O) groups excluding carboxylic acids is 3. The summed E-state index contributed by atoms with van der Waals surface area (Å²) in [5.74, 6) is -1.04. The second-order valence-corrected chi connectivity index (χ2v) is 6.40. The van der Waals surface area contributed by atoms with Gasteiger partial charge in [-0.3, -0.25) is 9.69 Å². The van der Waals surface area contributed by atoms with Crippen molar-refractivity contribution in [2.24, 2.45) is 0 Å². The minimum atomic E-state index is -0.857. The molecule has 1 amide bonds. The number of likely N-dealkylation sites (tertiary alicyclic amines) is 1. The molecule has 0 N–H and O–H groups in total. The number of methoxy groups -OCH3 is 1. The van der Waals surface area contributed by atoms with Crippen LogP contribution in [0.15, 0.2) is 12.7 Å². The van der Waals surface area contributed by atoms with E-state index < -0.39 is 41.8 Å². The van der Waals surface area contributed by atoms with Crippen LogP contribution >= 0.6 is 0 Å². The second-order valence-electron chi connectivity index (χ2n) is 6.40. The van der Waals surface area contributed by atoms with Gasteiger partial charge in [0.15, 0.2) is 0 Å². The van der Waals surface area contributed by atoms with Crippen LogP contribution in [0.4, 0.5) is 4.79 Å². The highest BCUT2D eigenvalue weighted by Gasteiger charge is 2.50. The van der Waals surface area contributed by atoms with Gasteiger partial charge < -0.3 is 14.2 Å². The normalized spacial score (nSPS) is 24.0. The number of ether oxygens (including phenoxy) is 3. The first kappa shape index (κ1) is 19.0. The van der Waals surface area contributed by atoms with Gasteiger partial charge in [-0.25, -0.2) is 9.59 Å². The fourth-order valence-corrected chi connectivity index (χ4v) is 2.60. The van der Waals surface area contributed by atoms with Crippen LogP contribution in [0.1, 0.15) is 40.5 Å². The summed E-state index contributed by atoms with van der Waals surface area (Å²) in [5, 5.41) is 0. The van der Waals surface area contributed by atoms with Crippen LogP contribution in [0.25, 0.3) is 0 Å². The quantitative estimate of drug-likeness (QED) is 0.446. The molecular formula is C16H25NO6. The fraction of sp³-hybridized carbons (Fsp3) is 0.688. The van der Waals surface area contributed by atoms with Gasteiger partial charge in [0.25, 0.3) is 0 Å². The van der Waals surface area contributed by atoms with E-state index in [1.807, 2.05) is 0 Å². The molecule has 0 spiro atoms. The Bertz CT molecular complexity index is 481. The molecule has 7 heteroatoms. The molecule has 0 aromatic heterocycles. The maximum absolute atomic E-state index is 12.5. The van der Waals surface area contributed by atoms with Gasteiger partial charge in [-0.1, -0.05) is 6.08 Å². The van der Waals surface area contributed by atoms with Gasteiger partial charge in [-0.05, 0) is 27.2 Å². The molecule has 1 aliphatic rings. The van der Waals surface area contributed by atoms with E-state index in [-0.39, 0.29) is 6.42 Å². The van der Waals surface area contributed by atoms with E-state index in [9.17, 15) is 14.4 Å². The van der Waals surface area contributed by atoms with Crippen molar-refractivity contribution >= 4 is 18.0 Å². The largest absolute Gasteiger partial charge is 0.467 e. The molecule has 0 saturated carbocycles. The summed E-state index contributed by atoms with van der Waals surface area (Å²) in [5.41, 5.74) is -0.712. The Labute approximate surface area is 136 Å². The summed E-state index contributed by atoms with van der Waals surface area (Å²) in [6.45, 7) is 10.2. The number of carbonyl (C=O) groups is 3. The Morgan fingerprint density at radius 3 is 2.35 bits per heavy atom. The lowest BCUT2D eigenvalue weighted by atomic mass is 10.1. The number of hydrogen-bond donors (Lipinski definition) is 0. The highest BCUT2D eigenvalue weighted by atomic mass is 16.6. The van der Waals surface area contributed by atoms with Crippen LogP contribution < -0.4 is 0 Å². The number of hydrogen-bond acceptors (Lipinski definition) is 6. The monoisotopic (exact) mass is 327 g/mol. The summed E-state index contributed by atoms with van der Waals surface area (Å²) in [7, 11) is 1.25. The zero-order chi connectivity index (χ0) is 17.8. The van der Waals surface area contributed by atoms with E-state index in [0.29, 0.717) is 6.42 Å². The molecule has 0 aromatic carbocycles. The van der Waals surface area contributed by atoms with Crippen molar-refractivity contribution < 1.29 is 28.6 Å². The van der Waals surface area contributed by atoms with Gasteiger partial charge in [-0.2, -0.15) is 0 Å². The van der Waals surface area contributed by atoms with E-state index in [1.54, 1.807) is 26.8 Å². The number of nitrogens with zero attached hydrogens (tertiary/aromatic N) is 1. The first-order chi connectivity index (χ1) is 10.6. The topological polar surface area (TPSA) is 82.1 Å². The van der Waals surface area contributed by atoms with Crippen LogP contribution in [0.2, 0.25) is 0 Å². The maximum atomic E-state index is 12.5. The standard InChI is InChI=1S/C16H25NO6/c1-7-8-11-13(22-10(2)18)9-12(14(19)21-6)17(11)15(20)23-16(3,4)5/h7,11-13H,1,8-9H2,2-6H3/t11-,12+,13-/m1/s1. The Balaban J connectivity index is 3.13. The van der Waals surface area contributed by atoms with Crippen molar-refractivity contribution in [1.29, 1.82) is 0 Å². The average Bonchev–Trinajstić information content (AvgIpc) is 2.74. The molecule has 1 aliphatic heterocycles. The minimum absolute atomic E-state index is 0.171. The Morgan fingerprint density at radius 1 is 1.30 bits per heavy atom. The van der Waals surface area contributed by atoms with Gasteiger partial charge in [0.2, 0.25) is 0 Å².